The van der Waals surface area contributed by atoms with E-state index in [1.807, 2.05) is 49.4 Å². The highest BCUT2D eigenvalue weighted by Crippen LogP contribution is 2.30. The van der Waals surface area contributed by atoms with Crippen LogP contribution in [0.15, 0.2) is 90.1 Å². The van der Waals surface area contributed by atoms with Crippen LogP contribution < -0.4 is 4.74 Å². The van der Waals surface area contributed by atoms with Crippen molar-refractivity contribution in [2.24, 2.45) is 5.16 Å². The molecule has 0 amide bonds. The van der Waals surface area contributed by atoms with Crippen molar-refractivity contribution in [3.63, 3.8) is 0 Å². The Morgan fingerprint density at radius 2 is 1.62 bits per heavy atom. The van der Waals surface area contributed by atoms with Crippen molar-refractivity contribution in [1.29, 1.82) is 0 Å². The van der Waals surface area contributed by atoms with Crippen LogP contribution in [0.2, 0.25) is 0 Å². The quantitative estimate of drug-likeness (QED) is 0.247. The molecule has 0 fully saturated rings. The molecular weight excluding hydrogens is 403 g/mol. The van der Waals surface area contributed by atoms with Gasteiger partial charge in [0, 0.05) is 16.9 Å². The second-order valence-electron chi connectivity index (χ2n) is 7.50. The van der Waals surface area contributed by atoms with Crippen molar-refractivity contribution in [2.75, 3.05) is 7.11 Å². The van der Waals surface area contributed by atoms with E-state index < -0.39 is 0 Å². The Balaban J connectivity index is 1.65. The third-order valence-corrected chi connectivity index (χ3v) is 5.38. The van der Waals surface area contributed by atoms with Gasteiger partial charge in [0.1, 0.15) is 18.2 Å². The van der Waals surface area contributed by atoms with Crippen molar-refractivity contribution in [3.8, 4) is 22.7 Å². The lowest BCUT2D eigenvalue weighted by molar-refractivity contribution is 0.130. The van der Waals surface area contributed by atoms with Crippen LogP contribution >= 0.6 is 0 Å². The van der Waals surface area contributed by atoms with Gasteiger partial charge in [0.2, 0.25) is 0 Å². The number of para-hydroxylation sites is 1. The molecule has 0 N–H and O–H groups in total. The number of ether oxygens (including phenoxy) is 1. The number of hydrogen-bond acceptors (Lipinski definition) is 3. The molecule has 4 aromatic rings. The summed E-state index contributed by atoms with van der Waals surface area (Å²) in [5.74, 6) is 0.549. The summed E-state index contributed by atoms with van der Waals surface area (Å²) in [6.07, 6.45) is 0. The van der Waals surface area contributed by atoms with Crippen LogP contribution in [-0.2, 0) is 11.4 Å². The predicted octanol–water partition coefficient (Wildman–Crippen LogP) is 6.54. The Morgan fingerprint density at radius 3 is 2.28 bits per heavy atom. The van der Waals surface area contributed by atoms with Gasteiger partial charge in [0.05, 0.1) is 18.5 Å². The van der Waals surface area contributed by atoms with Crippen molar-refractivity contribution in [2.45, 2.75) is 20.5 Å². The van der Waals surface area contributed by atoms with Crippen LogP contribution in [0.1, 0.15) is 23.7 Å². The average Bonchev–Trinajstić information content (AvgIpc) is 3.17. The summed E-state index contributed by atoms with van der Waals surface area (Å²) in [6, 6.07) is 26.4. The van der Waals surface area contributed by atoms with Gasteiger partial charge in [-0.3, -0.25) is 0 Å². The SMILES string of the molecule is COc1ccc(CO/N=C(/C)c2cc(-c3ccc(F)cc3)n(-c3ccccc3)c2C)cc1. The summed E-state index contributed by atoms with van der Waals surface area (Å²) in [6.45, 7) is 4.35. The van der Waals surface area contributed by atoms with E-state index in [9.17, 15) is 4.39 Å². The van der Waals surface area contributed by atoms with Crippen LogP contribution in [0.5, 0.6) is 5.75 Å². The number of halogens is 1. The zero-order valence-corrected chi connectivity index (χ0v) is 18.4. The third kappa shape index (κ3) is 4.57. The van der Waals surface area contributed by atoms with Crippen molar-refractivity contribution >= 4 is 5.71 Å². The molecule has 0 saturated carbocycles. The largest absolute Gasteiger partial charge is 0.497 e. The number of methoxy groups -OCH3 is 1. The number of nitrogens with zero attached hydrogens (tertiary/aromatic N) is 2. The van der Waals surface area contributed by atoms with Gasteiger partial charge < -0.3 is 14.1 Å². The van der Waals surface area contributed by atoms with Gasteiger partial charge in [0.15, 0.2) is 0 Å². The van der Waals surface area contributed by atoms with E-state index in [1.165, 1.54) is 12.1 Å². The van der Waals surface area contributed by atoms with Crippen LogP contribution in [0.25, 0.3) is 16.9 Å². The molecule has 4 rings (SSSR count). The number of aromatic nitrogens is 1. The van der Waals surface area contributed by atoms with E-state index in [-0.39, 0.29) is 5.82 Å². The fourth-order valence-electron chi connectivity index (χ4n) is 3.69. The smallest absolute Gasteiger partial charge is 0.142 e. The molecule has 1 aromatic heterocycles. The van der Waals surface area contributed by atoms with Crippen molar-refractivity contribution in [3.05, 3.63) is 108 Å². The second kappa shape index (κ2) is 9.52. The molecule has 0 atom stereocenters. The molecule has 4 nitrogen and oxygen atoms in total. The van der Waals surface area contributed by atoms with Crippen LogP contribution in [0.4, 0.5) is 4.39 Å². The summed E-state index contributed by atoms with van der Waals surface area (Å²) >= 11 is 0. The van der Waals surface area contributed by atoms with Gasteiger partial charge in [-0.05, 0) is 79.6 Å². The van der Waals surface area contributed by atoms with Gasteiger partial charge in [-0.2, -0.15) is 0 Å². The number of oxime groups is 1. The maximum absolute atomic E-state index is 13.5. The van der Waals surface area contributed by atoms with Gasteiger partial charge in [-0.25, -0.2) is 4.39 Å². The van der Waals surface area contributed by atoms with E-state index in [2.05, 4.69) is 34.8 Å². The molecule has 0 radical (unpaired) electrons. The molecule has 162 valence electrons. The first-order chi connectivity index (χ1) is 15.6. The molecule has 0 aliphatic heterocycles. The molecule has 32 heavy (non-hydrogen) atoms. The highest BCUT2D eigenvalue weighted by Gasteiger charge is 2.17. The van der Waals surface area contributed by atoms with E-state index in [4.69, 9.17) is 9.57 Å². The second-order valence-corrected chi connectivity index (χ2v) is 7.50. The molecule has 0 unspecified atom stereocenters. The first kappa shape index (κ1) is 21.4. The normalized spacial score (nSPS) is 11.4. The topological polar surface area (TPSA) is 35.8 Å². The Morgan fingerprint density at radius 1 is 0.938 bits per heavy atom. The zero-order chi connectivity index (χ0) is 22.5. The summed E-state index contributed by atoms with van der Waals surface area (Å²) in [5, 5.41) is 4.36. The minimum Gasteiger partial charge on any atom is -0.497 e. The van der Waals surface area contributed by atoms with E-state index >= 15 is 0 Å². The highest BCUT2D eigenvalue weighted by molar-refractivity contribution is 6.01. The lowest BCUT2D eigenvalue weighted by Gasteiger charge is -2.12. The summed E-state index contributed by atoms with van der Waals surface area (Å²) in [5.41, 5.74) is 6.71. The standard InChI is InChI=1S/C27H25FN2O2/c1-19(29-32-18-21-9-15-25(31-3)16-10-21)26-17-27(22-11-13-23(28)14-12-22)30(20(26)2)24-7-5-4-6-8-24/h4-17H,18H2,1-3H3/b29-19-. The van der Waals surface area contributed by atoms with E-state index in [0.717, 1.165) is 45.2 Å². The lowest BCUT2D eigenvalue weighted by atomic mass is 10.1. The van der Waals surface area contributed by atoms with Crippen molar-refractivity contribution < 1.29 is 14.0 Å². The molecule has 0 spiro atoms. The first-order valence-electron chi connectivity index (χ1n) is 10.4. The van der Waals surface area contributed by atoms with E-state index in [1.54, 1.807) is 19.2 Å². The Labute approximate surface area is 187 Å². The fourth-order valence-corrected chi connectivity index (χ4v) is 3.69. The van der Waals surface area contributed by atoms with Crippen molar-refractivity contribution in [1.82, 2.24) is 4.57 Å². The Hall–Kier alpha value is -3.86. The summed E-state index contributed by atoms with van der Waals surface area (Å²) in [4.78, 5) is 5.63. The zero-order valence-electron chi connectivity index (χ0n) is 18.4. The summed E-state index contributed by atoms with van der Waals surface area (Å²) in [7, 11) is 1.64. The molecule has 0 aliphatic rings. The first-order valence-corrected chi connectivity index (χ1v) is 10.4. The number of rotatable bonds is 7. The van der Waals surface area contributed by atoms with Gasteiger partial charge in [0.25, 0.3) is 0 Å². The fraction of sp³-hybridized carbons (Fsp3) is 0.148. The number of benzene rings is 3. The maximum atomic E-state index is 13.5. The maximum Gasteiger partial charge on any atom is 0.142 e. The van der Waals surface area contributed by atoms with Gasteiger partial charge in [-0.15, -0.1) is 0 Å². The molecule has 0 saturated heterocycles. The van der Waals surface area contributed by atoms with Gasteiger partial charge >= 0.3 is 0 Å². The average molecular weight is 429 g/mol. The Bertz CT molecular complexity index is 1210. The van der Waals surface area contributed by atoms with Crippen LogP contribution in [0.3, 0.4) is 0 Å². The molecule has 1 heterocycles. The number of hydrogen-bond donors (Lipinski definition) is 0. The molecule has 0 bridgehead atoms. The van der Waals surface area contributed by atoms with Crippen LogP contribution in [0, 0.1) is 12.7 Å². The highest BCUT2D eigenvalue weighted by atomic mass is 19.1. The molecule has 5 heteroatoms. The van der Waals surface area contributed by atoms with Crippen LogP contribution in [-0.4, -0.2) is 17.4 Å². The minimum absolute atomic E-state index is 0.256. The minimum atomic E-state index is -0.256. The molecule has 3 aromatic carbocycles. The van der Waals surface area contributed by atoms with Gasteiger partial charge in [-0.1, -0.05) is 35.5 Å². The van der Waals surface area contributed by atoms with E-state index in [0.29, 0.717) is 6.61 Å². The molecule has 0 aliphatic carbocycles. The Kier molecular flexibility index (Phi) is 6.36. The molecular formula is C27H25FN2O2. The third-order valence-electron chi connectivity index (χ3n) is 5.38. The predicted molar refractivity (Wildman–Crippen MR) is 126 cm³/mol. The lowest BCUT2D eigenvalue weighted by Crippen LogP contribution is -2.02. The summed E-state index contributed by atoms with van der Waals surface area (Å²) < 4.78 is 20.9. The monoisotopic (exact) mass is 428 g/mol.